The largest absolute Gasteiger partial charge is 0.493 e. The minimum Gasteiger partial charge on any atom is -0.493 e. The highest BCUT2D eigenvalue weighted by molar-refractivity contribution is 7.80. The molecule has 168 valence electrons. The van der Waals surface area contributed by atoms with Crippen molar-refractivity contribution in [2.75, 3.05) is 5.32 Å². The highest BCUT2D eigenvalue weighted by Crippen LogP contribution is 2.40. The predicted octanol–water partition coefficient (Wildman–Crippen LogP) is 7.54. The smallest absolute Gasteiger partial charge is 0.221 e. The van der Waals surface area contributed by atoms with Crippen molar-refractivity contribution >= 4 is 51.2 Å². The van der Waals surface area contributed by atoms with Gasteiger partial charge in [-0.05, 0) is 54.9 Å². The second-order valence-electron chi connectivity index (χ2n) is 7.57. The molecule has 0 aliphatic rings. The van der Waals surface area contributed by atoms with Gasteiger partial charge in [-0.3, -0.25) is 0 Å². The van der Waals surface area contributed by atoms with E-state index in [0.29, 0.717) is 10.9 Å². The molecule has 2 N–H and O–H groups in total. The lowest BCUT2D eigenvalue weighted by molar-refractivity contribution is 0.428. The summed E-state index contributed by atoms with van der Waals surface area (Å²) >= 11 is 11.6. The van der Waals surface area contributed by atoms with Crippen LogP contribution in [0.15, 0.2) is 70.9 Å². The van der Waals surface area contributed by atoms with Crippen molar-refractivity contribution in [1.82, 2.24) is 4.57 Å². The standard InChI is InChI=1S/C25H22ClFN4OS/c1-3-16-9-6-8-15(2)22(16)28-25(33)30-29-23-17-10-4-5-13-21(17)31(24(23)32)14-18-19(26)11-7-12-20(18)27/h4-13,32H,3,14H2,1-2H3,(H,28,33). The molecule has 0 aliphatic carbocycles. The summed E-state index contributed by atoms with van der Waals surface area (Å²) in [6.07, 6.45) is 0.844. The van der Waals surface area contributed by atoms with Crippen molar-refractivity contribution < 1.29 is 9.50 Å². The topological polar surface area (TPSA) is 61.9 Å². The third-order valence-corrected chi connectivity index (χ3v) is 6.05. The molecule has 1 heterocycles. The summed E-state index contributed by atoms with van der Waals surface area (Å²) in [6.45, 7) is 4.10. The zero-order valence-corrected chi connectivity index (χ0v) is 19.7. The number of aryl methyl sites for hydroxylation is 2. The van der Waals surface area contributed by atoms with E-state index in [1.165, 1.54) is 6.07 Å². The number of hydrogen-bond acceptors (Lipinski definition) is 3. The van der Waals surface area contributed by atoms with E-state index in [4.69, 9.17) is 23.8 Å². The van der Waals surface area contributed by atoms with Gasteiger partial charge in [0.2, 0.25) is 11.0 Å². The molecule has 33 heavy (non-hydrogen) atoms. The van der Waals surface area contributed by atoms with Crippen LogP contribution in [0.4, 0.5) is 15.8 Å². The lowest BCUT2D eigenvalue weighted by Gasteiger charge is -2.12. The summed E-state index contributed by atoms with van der Waals surface area (Å²) in [7, 11) is 0. The summed E-state index contributed by atoms with van der Waals surface area (Å²) < 4.78 is 15.9. The number of aromatic hydroxyl groups is 1. The Bertz CT molecular complexity index is 1360. The molecule has 3 aromatic carbocycles. The lowest BCUT2D eigenvalue weighted by Crippen LogP contribution is -2.08. The molecule has 0 amide bonds. The maximum Gasteiger partial charge on any atom is 0.221 e. The third kappa shape index (κ3) is 4.60. The van der Waals surface area contributed by atoms with Crippen LogP contribution in [0.3, 0.4) is 0 Å². The van der Waals surface area contributed by atoms with Gasteiger partial charge in [0.15, 0.2) is 5.69 Å². The fraction of sp³-hybridized carbons (Fsp3) is 0.160. The van der Waals surface area contributed by atoms with Crippen LogP contribution in [0.1, 0.15) is 23.6 Å². The molecule has 8 heteroatoms. The van der Waals surface area contributed by atoms with Crippen LogP contribution >= 0.6 is 23.8 Å². The number of rotatable bonds is 5. The van der Waals surface area contributed by atoms with Crippen molar-refractivity contribution in [3.8, 4) is 5.88 Å². The molecule has 0 saturated heterocycles. The van der Waals surface area contributed by atoms with Gasteiger partial charge in [-0.2, -0.15) is 0 Å². The van der Waals surface area contributed by atoms with Crippen molar-refractivity contribution in [2.45, 2.75) is 26.8 Å². The van der Waals surface area contributed by atoms with Crippen LogP contribution in [-0.4, -0.2) is 14.8 Å². The van der Waals surface area contributed by atoms with Gasteiger partial charge in [-0.1, -0.05) is 61.0 Å². The lowest BCUT2D eigenvalue weighted by atomic mass is 10.1. The molecule has 0 radical (unpaired) electrons. The molecule has 0 bridgehead atoms. The Morgan fingerprint density at radius 1 is 1.12 bits per heavy atom. The maximum absolute atomic E-state index is 14.4. The minimum absolute atomic E-state index is 0.0408. The Kier molecular flexibility index (Phi) is 6.72. The first-order chi connectivity index (χ1) is 15.9. The van der Waals surface area contributed by atoms with Gasteiger partial charge in [0.05, 0.1) is 12.1 Å². The molecule has 4 rings (SSSR count). The van der Waals surface area contributed by atoms with Crippen LogP contribution in [0.2, 0.25) is 5.02 Å². The molecule has 0 atom stereocenters. The predicted molar refractivity (Wildman–Crippen MR) is 135 cm³/mol. The van der Waals surface area contributed by atoms with E-state index >= 15 is 0 Å². The minimum atomic E-state index is -0.446. The Hall–Kier alpha value is -3.29. The summed E-state index contributed by atoms with van der Waals surface area (Å²) in [5, 5.41) is 23.6. The molecule has 0 spiro atoms. The number of nitrogens with one attached hydrogen (secondary N) is 1. The second kappa shape index (κ2) is 9.68. The molecule has 0 unspecified atom stereocenters. The Balaban J connectivity index is 1.69. The number of aromatic nitrogens is 1. The van der Waals surface area contributed by atoms with Crippen molar-refractivity contribution in [2.24, 2.45) is 10.2 Å². The van der Waals surface area contributed by atoms with Gasteiger partial charge in [0.25, 0.3) is 0 Å². The van der Waals surface area contributed by atoms with E-state index in [1.54, 1.807) is 16.7 Å². The fourth-order valence-corrected chi connectivity index (χ4v) is 4.17. The highest BCUT2D eigenvalue weighted by atomic mass is 35.5. The summed E-state index contributed by atoms with van der Waals surface area (Å²) in [5.74, 6) is -0.592. The molecular weight excluding hydrogens is 459 g/mol. The highest BCUT2D eigenvalue weighted by Gasteiger charge is 2.19. The van der Waals surface area contributed by atoms with Crippen molar-refractivity contribution in [1.29, 1.82) is 0 Å². The first-order valence-electron chi connectivity index (χ1n) is 10.4. The number of benzene rings is 3. The van der Waals surface area contributed by atoms with Gasteiger partial charge in [0.1, 0.15) is 5.82 Å². The zero-order chi connectivity index (χ0) is 23.5. The number of hydrogen-bond donors (Lipinski definition) is 2. The Morgan fingerprint density at radius 3 is 2.64 bits per heavy atom. The Morgan fingerprint density at radius 2 is 1.88 bits per heavy atom. The molecule has 0 saturated carbocycles. The van der Waals surface area contributed by atoms with Crippen LogP contribution < -0.4 is 5.32 Å². The van der Waals surface area contributed by atoms with Crippen LogP contribution in [-0.2, 0) is 13.0 Å². The van der Waals surface area contributed by atoms with Crippen LogP contribution in [0, 0.1) is 12.7 Å². The summed E-state index contributed by atoms with van der Waals surface area (Å²) in [4.78, 5) is 0. The SMILES string of the molecule is CCc1cccc(C)c1NC(=S)N=Nc1c(O)n(Cc2c(F)cccc2Cl)c2ccccc12. The first kappa shape index (κ1) is 22.9. The number of azo groups is 1. The monoisotopic (exact) mass is 480 g/mol. The van der Waals surface area contributed by atoms with Gasteiger partial charge < -0.3 is 15.0 Å². The number of nitrogens with zero attached hydrogens (tertiary/aromatic N) is 3. The molecule has 5 nitrogen and oxygen atoms in total. The average molecular weight is 481 g/mol. The number of fused-ring (bicyclic) bond motifs is 1. The first-order valence-corrected chi connectivity index (χ1v) is 11.2. The van der Waals surface area contributed by atoms with Crippen LogP contribution in [0.25, 0.3) is 10.9 Å². The van der Waals surface area contributed by atoms with Gasteiger partial charge in [0, 0.05) is 21.7 Å². The molecule has 0 fully saturated rings. The van der Waals surface area contributed by atoms with E-state index in [-0.39, 0.29) is 33.8 Å². The van der Waals surface area contributed by atoms with Crippen LogP contribution in [0.5, 0.6) is 5.88 Å². The van der Waals surface area contributed by atoms with E-state index < -0.39 is 5.82 Å². The summed E-state index contributed by atoms with van der Waals surface area (Å²) in [5.41, 5.74) is 4.28. The molecule has 0 aliphatic heterocycles. The fourth-order valence-electron chi connectivity index (χ4n) is 3.80. The third-order valence-electron chi connectivity index (χ3n) is 5.51. The molecule has 1 aromatic heterocycles. The summed E-state index contributed by atoms with van der Waals surface area (Å²) in [6, 6.07) is 17.8. The van der Waals surface area contributed by atoms with E-state index in [1.807, 2.05) is 49.4 Å². The Labute approximate surface area is 201 Å². The van der Waals surface area contributed by atoms with Crippen molar-refractivity contribution in [3.05, 3.63) is 88.2 Å². The normalized spacial score (nSPS) is 11.4. The van der Waals surface area contributed by atoms with E-state index in [0.717, 1.165) is 23.2 Å². The number of halogens is 2. The quantitative estimate of drug-likeness (QED) is 0.229. The molecule has 4 aromatic rings. The molecular formula is C25H22ClFN4OS. The average Bonchev–Trinajstić information content (AvgIpc) is 3.07. The maximum atomic E-state index is 14.4. The second-order valence-corrected chi connectivity index (χ2v) is 8.36. The van der Waals surface area contributed by atoms with Gasteiger partial charge >= 0.3 is 0 Å². The van der Waals surface area contributed by atoms with Gasteiger partial charge in [-0.25, -0.2) is 4.39 Å². The van der Waals surface area contributed by atoms with E-state index in [2.05, 4.69) is 22.5 Å². The van der Waals surface area contributed by atoms with Crippen molar-refractivity contribution in [3.63, 3.8) is 0 Å². The number of anilines is 1. The zero-order valence-electron chi connectivity index (χ0n) is 18.1. The number of para-hydroxylation sites is 2. The number of thiocarbonyl (C=S) groups is 1. The van der Waals surface area contributed by atoms with E-state index in [9.17, 15) is 9.50 Å². The van der Waals surface area contributed by atoms with Gasteiger partial charge in [-0.15, -0.1) is 10.2 Å².